The fourth-order valence-electron chi connectivity index (χ4n) is 3.94. The van der Waals surface area contributed by atoms with Gasteiger partial charge in [-0.25, -0.2) is 4.39 Å². The summed E-state index contributed by atoms with van der Waals surface area (Å²) in [5, 5.41) is 7.00. The molecule has 0 spiro atoms. The number of ether oxygens (including phenoxy) is 1. The Hall–Kier alpha value is -2.41. The summed E-state index contributed by atoms with van der Waals surface area (Å²) in [4.78, 5) is 14.5. The van der Waals surface area contributed by atoms with Crippen molar-refractivity contribution in [2.24, 2.45) is 13.0 Å². The number of hydrogen-bond donors (Lipinski definition) is 1. The molecule has 1 aliphatic carbocycles. The van der Waals surface area contributed by atoms with Crippen molar-refractivity contribution >= 4 is 17.3 Å². The maximum Gasteiger partial charge on any atom is 0.228 e. The van der Waals surface area contributed by atoms with Crippen molar-refractivity contribution in [3.05, 3.63) is 42.0 Å². The first-order chi connectivity index (χ1) is 12.9. The number of halogens is 1. The van der Waals surface area contributed by atoms with E-state index in [0.717, 1.165) is 12.0 Å². The van der Waals surface area contributed by atoms with Crippen molar-refractivity contribution < 1.29 is 13.9 Å². The van der Waals surface area contributed by atoms with Gasteiger partial charge < -0.3 is 15.0 Å². The molecule has 4 atom stereocenters. The molecule has 2 aromatic rings. The summed E-state index contributed by atoms with van der Waals surface area (Å²) < 4.78 is 22.1. The number of nitrogens with one attached hydrogen (secondary N) is 1. The molecule has 2 fully saturated rings. The van der Waals surface area contributed by atoms with Crippen LogP contribution in [0.25, 0.3) is 0 Å². The van der Waals surface area contributed by atoms with Crippen LogP contribution in [-0.4, -0.2) is 41.0 Å². The quantitative estimate of drug-likeness (QED) is 0.897. The Morgan fingerprint density at radius 1 is 1.30 bits per heavy atom. The van der Waals surface area contributed by atoms with Crippen molar-refractivity contribution in [2.45, 2.75) is 38.4 Å². The lowest BCUT2D eigenvalue weighted by atomic mass is 10.1. The third kappa shape index (κ3) is 3.83. The number of nitrogens with zero attached hydrogens (tertiary/aromatic N) is 3. The molecule has 1 aromatic heterocycles. The van der Waals surface area contributed by atoms with Crippen LogP contribution in [-0.2, 0) is 16.6 Å². The van der Waals surface area contributed by atoms with Crippen LogP contribution in [0.4, 0.5) is 15.8 Å². The minimum absolute atomic E-state index is 0.0619. The largest absolute Gasteiger partial charge is 0.372 e. The smallest absolute Gasteiger partial charge is 0.228 e. The Morgan fingerprint density at radius 3 is 2.67 bits per heavy atom. The van der Waals surface area contributed by atoms with Gasteiger partial charge in [-0.1, -0.05) is 0 Å². The van der Waals surface area contributed by atoms with Gasteiger partial charge in [0.2, 0.25) is 5.91 Å². The van der Waals surface area contributed by atoms with E-state index in [2.05, 4.69) is 10.4 Å². The number of amides is 1. The van der Waals surface area contributed by atoms with Crippen LogP contribution < -0.4 is 10.2 Å². The van der Waals surface area contributed by atoms with Crippen molar-refractivity contribution in [2.75, 3.05) is 23.3 Å². The number of carbonyl (C=O) groups is 1. The average molecular weight is 372 g/mol. The van der Waals surface area contributed by atoms with E-state index in [9.17, 15) is 9.18 Å². The van der Waals surface area contributed by atoms with E-state index < -0.39 is 0 Å². The fourth-order valence-corrected chi connectivity index (χ4v) is 3.94. The number of morpholine rings is 1. The number of carbonyl (C=O) groups excluding carboxylic acids is 1. The summed E-state index contributed by atoms with van der Waals surface area (Å²) in [7, 11) is 1.86. The Labute approximate surface area is 158 Å². The molecule has 1 amide bonds. The molecule has 1 saturated heterocycles. The molecule has 4 unspecified atom stereocenters. The first kappa shape index (κ1) is 18.0. The highest BCUT2D eigenvalue weighted by Crippen LogP contribution is 2.47. The normalized spacial score (nSPS) is 27.5. The van der Waals surface area contributed by atoms with Crippen LogP contribution in [0.5, 0.6) is 0 Å². The molecular weight excluding hydrogens is 347 g/mol. The highest BCUT2D eigenvalue weighted by molar-refractivity contribution is 5.95. The highest BCUT2D eigenvalue weighted by Gasteiger charge is 2.44. The van der Waals surface area contributed by atoms with Gasteiger partial charge in [-0.15, -0.1) is 0 Å². The number of rotatable bonds is 4. The minimum Gasteiger partial charge on any atom is -0.372 e. The van der Waals surface area contributed by atoms with E-state index in [0.29, 0.717) is 24.5 Å². The van der Waals surface area contributed by atoms with Gasteiger partial charge in [0.15, 0.2) is 0 Å². The molecule has 0 bridgehead atoms. The fraction of sp³-hybridized carbons (Fsp3) is 0.500. The SMILES string of the molecule is CC1CN(c2ccc(NC(=O)C3CC3c3cnn(C)c3)cc2F)CC(C)O1. The molecule has 1 aromatic carbocycles. The number of aromatic nitrogens is 2. The average Bonchev–Trinajstić information content (AvgIpc) is 3.28. The van der Waals surface area contributed by atoms with Gasteiger partial charge in [-0.3, -0.25) is 9.48 Å². The summed E-state index contributed by atoms with van der Waals surface area (Å²) in [5.41, 5.74) is 2.12. The van der Waals surface area contributed by atoms with E-state index in [1.54, 1.807) is 23.0 Å². The van der Waals surface area contributed by atoms with Gasteiger partial charge in [-0.05, 0) is 49.9 Å². The number of aryl methyl sites for hydroxylation is 1. The lowest BCUT2D eigenvalue weighted by Crippen LogP contribution is -2.45. The number of hydrogen-bond acceptors (Lipinski definition) is 4. The van der Waals surface area contributed by atoms with Crippen LogP contribution in [0.15, 0.2) is 30.6 Å². The van der Waals surface area contributed by atoms with E-state index >= 15 is 0 Å². The first-order valence-electron chi connectivity index (χ1n) is 9.40. The van der Waals surface area contributed by atoms with E-state index in [1.165, 1.54) is 6.07 Å². The zero-order valence-corrected chi connectivity index (χ0v) is 15.9. The second-order valence-electron chi connectivity index (χ2n) is 7.71. The monoisotopic (exact) mass is 372 g/mol. The minimum atomic E-state index is -0.325. The third-order valence-corrected chi connectivity index (χ3v) is 5.26. The zero-order valence-electron chi connectivity index (χ0n) is 15.9. The van der Waals surface area contributed by atoms with Crippen LogP contribution in [0, 0.1) is 11.7 Å². The second-order valence-corrected chi connectivity index (χ2v) is 7.71. The third-order valence-electron chi connectivity index (χ3n) is 5.26. The first-order valence-corrected chi connectivity index (χ1v) is 9.40. The summed E-state index contributed by atoms with van der Waals surface area (Å²) in [6, 6.07) is 4.91. The Bertz CT molecular complexity index is 842. The van der Waals surface area contributed by atoms with Gasteiger partial charge >= 0.3 is 0 Å². The molecule has 0 radical (unpaired) electrons. The van der Waals surface area contributed by atoms with Gasteiger partial charge in [0.1, 0.15) is 5.82 Å². The van der Waals surface area contributed by atoms with Crippen molar-refractivity contribution in [1.29, 1.82) is 0 Å². The molecule has 6 nitrogen and oxygen atoms in total. The van der Waals surface area contributed by atoms with Crippen LogP contribution in [0.1, 0.15) is 31.7 Å². The van der Waals surface area contributed by atoms with Crippen molar-refractivity contribution in [1.82, 2.24) is 9.78 Å². The molecule has 144 valence electrons. The molecule has 1 saturated carbocycles. The molecule has 7 heteroatoms. The van der Waals surface area contributed by atoms with Crippen LogP contribution in [0.2, 0.25) is 0 Å². The maximum absolute atomic E-state index is 14.7. The maximum atomic E-state index is 14.7. The van der Waals surface area contributed by atoms with Gasteiger partial charge in [-0.2, -0.15) is 5.10 Å². The molecule has 2 heterocycles. The molecule has 2 aliphatic rings. The lowest BCUT2D eigenvalue weighted by molar-refractivity contribution is -0.117. The Balaban J connectivity index is 1.40. The van der Waals surface area contributed by atoms with E-state index in [4.69, 9.17) is 4.74 Å². The summed E-state index contributed by atoms with van der Waals surface area (Å²) in [6.45, 7) is 5.29. The molecular formula is C20H25FN4O2. The predicted octanol–water partition coefficient (Wildman–Crippen LogP) is 2.92. The summed E-state index contributed by atoms with van der Waals surface area (Å²) in [5.74, 6) is -0.254. The van der Waals surface area contributed by atoms with E-state index in [1.807, 2.05) is 32.0 Å². The summed E-state index contributed by atoms with van der Waals surface area (Å²) >= 11 is 0. The van der Waals surface area contributed by atoms with Gasteiger partial charge in [0, 0.05) is 37.9 Å². The molecule has 1 aliphatic heterocycles. The molecule has 4 rings (SSSR count). The second kappa shape index (κ2) is 6.96. The Morgan fingerprint density at radius 2 is 2.04 bits per heavy atom. The van der Waals surface area contributed by atoms with Crippen molar-refractivity contribution in [3.8, 4) is 0 Å². The number of anilines is 2. The predicted molar refractivity (Wildman–Crippen MR) is 101 cm³/mol. The van der Waals surface area contributed by atoms with Gasteiger partial charge in [0.05, 0.1) is 24.1 Å². The van der Waals surface area contributed by atoms with Gasteiger partial charge in [0.25, 0.3) is 0 Å². The number of benzene rings is 1. The lowest BCUT2D eigenvalue weighted by Gasteiger charge is -2.37. The van der Waals surface area contributed by atoms with Crippen molar-refractivity contribution in [3.63, 3.8) is 0 Å². The molecule has 27 heavy (non-hydrogen) atoms. The van der Waals surface area contributed by atoms with E-state index in [-0.39, 0.29) is 35.8 Å². The highest BCUT2D eigenvalue weighted by atomic mass is 19.1. The van der Waals surface area contributed by atoms with Crippen LogP contribution >= 0.6 is 0 Å². The molecule has 1 N–H and O–H groups in total. The topological polar surface area (TPSA) is 59.4 Å². The summed E-state index contributed by atoms with van der Waals surface area (Å²) in [6.07, 6.45) is 4.67. The Kier molecular flexibility index (Phi) is 4.63. The standard InChI is InChI=1S/C20H25FN4O2/c1-12-9-25(10-13(2)27-12)19-5-4-15(6-18(19)21)23-20(26)17-7-16(17)14-8-22-24(3)11-14/h4-6,8,11-13,16-17H,7,9-10H2,1-3H3,(H,23,26). The van der Waals surface area contributed by atoms with Crippen LogP contribution in [0.3, 0.4) is 0 Å². The zero-order chi connectivity index (χ0) is 19.1.